The molecule has 1 N–H and O–H groups in total. The molecule has 0 aliphatic carbocycles. The normalized spacial score (nSPS) is 11.2. The first kappa shape index (κ1) is 14.8. The van der Waals surface area contributed by atoms with Crippen molar-refractivity contribution in [1.29, 1.82) is 0 Å². The van der Waals surface area contributed by atoms with Crippen LogP contribution in [0.15, 0.2) is 17.3 Å². The summed E-state index contributed by atoms with van der Waals surface area (Å²) in [5, 5.41) is 9.84. The van der Waals surface area contributed by atoms with Gasteiger partial charge in [0, 0.05) is 5.39 Å². The predicted molar refractivity (Wildman–Crippen MR) is 86.0 cm³/mol. The minimum Gasteiger partial charge on any atom is -0.465 e. The number of nitrogens with one attached hydrogen (secondary N) is 1. The number of aromatic amines is 1. The van der Waals surface area contributed by atoms with E-state index < -0.39 is 0 Å². The Morgan fingerprint density at radius 3 is 2.91 bits per heavy atom. The Kier molecular flexibility index (Phi) is 3.98. The number of benzene rings is 1. The van der Waals surface area contributed by atoms with Gasteiger partial charge in [0.05, 0.1) is 17.9 Å². The fraction of sp³-hybridized carbons (Fsp3) is 0.333. The number of esters is 1. The van der Waals surface area contributed by atoms with E-state index in [-0.39, 0.29) is 11.7 Å². The zero-order valence-corrected chi connectivity index (χ0v) is 13.5. The van der Waals surface area contributed by atoms with Gasteiger partial charge in [-0.2, -0.15) is 0 Å². The first-order chi connectivity index (χ1) is 10.6. The molecule has 0 saturated carbocycles. The third-order valence-corrected chi connectivity index (χ3v) is 4.08. The highest BCUT2D eigenvalue weighted by Gasteiger charge is 2.12. The summed E-state index contributed by atoms with van der Waals surface area (Å²) < 4.78 is 4.88. The fourth-order valence-corrected chi connectivity index (χ4v) is 2.99. The number of nitrogens with zero attached hydrogens (tertiary/aromatic N) is 3. The van der Waals surface area contributed by atoms with Gasteiger partial charge >= 0.3 is 5.97 Å². The van der Waals surface area contributed by atoms with Crippen LogP contribution < -0.4 is 0 Å². The Morgan fingerprint density at radius 2 is 2.14 bits per heavy atom. The molecule has 0 unspecified atom stereocenters. The Bertz CT molecular complexity index is 859. The lowest BCUT2D eigenvalue weighted by atomic mass is 10.1. The summed E-state index contributed by atoms with van der Waals surface area (Å²) >= 11 is 1.22. The third-order valence-electron chi connectivity index (χ3n) is 3.27. The molecule has 0 spiro atoms. The zero-order valence-electron chi connectivity index (χ0n) is 12.6. The van der Waals surface area contributed by atoms with Gasteiger partial charge in [0.25, 0.3) is 0 Å². The van der Waals surface area contributed by atoms with Crippen LogP contribution >= 0.6 is 11.8 Å². The van der Waals surface area contributed by atoms with Crippen molar-refractivity contribution in [3.05, 3.63) is 23.3 Å². The standard InChI is InChI=1S/C15H16N4O2S/c1-4-21-11(20)7-22-15-17-14-13(18-19-15)10-6-8(2)5-9(3)12(10)16-14/h5-6H,4,7H2,1-3H3,(H,16,17,19). The number of carbonyl (C=O) groups is 1. The van der Waals surface area contributed by atoms with Crippen LogP contribution in [-0.2, 0) is 9.53 Å². The molecule has 3 rings (SSSR count). The number of thioether (sulfide) groups is 1. The van der Waals surface area contributed by atoms with Gasteiger partial charge in [-0.1, -0.05) is 23.4 Å². The van der Waals surface area contributed by atoms with Crippen molar-refractivity contribution in [3.8, 4) is 0 Å². The van der Waals surface area contributed by atoms with Gasteiger partial charge in [0.15, 0.2) is 5.65 Å². The molecule has 0 saturated heterocycles. The largest absolute Gasteiger partial charge is 0.465 e. The maximum absolute atomic E-state index is 11.4. The van der Waals surface area contributed by atoms with Crippen LogP contribution in [0, 0.1) is 13.8 Å². The van der Waals surface area contributed by atoms with E-state index in [1.165, 1.54) is 17.3 Å². The van der Waals surface area contributed by atoms with E-state index in [0.29, 0.717) is 17.4 Å². The van der Waals surface area contributed by atoms with E-state index in [1.807, 2.05) is 0 Å². The van der Waals surface area contributed by atoms with Gasteiger partial charge in [-0.15, -0.1) is 10.2 Å². The van der Waals surface area contributed by atoms with E-state index in [0.717, 1.165) is 22.0 Å². The molecule has 114 valence electrons. The Labute approximate surface area is 131 Å². The lowest BCUT2D eigenvalue weighted by Gasteiger charge is -2.00. The maximum Gasteiger partial charge on any atom is 0.316 e. The lowest BCUT2D eigenvalue weighted by Crippen LogP contribution is -2.07. The smallest absolute Gasteiger partial charge is 0.316 e. The number of hydrogen-bond donors (Lipinski definition) is 1. The molecular weight excluding hydrogens is 300 g/mol. The summed E-state index contributed by atoms with van der Waals surface area (Å²) in [7, 11) is 0. The summed E-state index contributed by atoms with van der Waals surface area (Å²) in [6.07, 6.45) is 0. The molecule has 0 bridgehead atoms. The Morgan fingerprint density at radius 1 is 1.32 bits per heavy atom. The highest BCUT2D eigenvalue weighted by Crippen LogP contribution is 2.27. The number of rotatable bonds is 4. The maximum atomic E-state index is 11.4. The number of fused-ring (bicyclic) bond motifs is 3. The van der Waals surface area contributed by atoms with Crippen LogP contribution in [0.2, 0.25) is 0 Å². The quantitative estimate of drug-likeness (QED) is 0.589. The van der Waals surface area contributed by atoms with Gasteiger partial charge in [-0.3, -0.25) is 4.79 Å². The molecule has 2 heterocycles. The second kappa shape index (κ2) is 5.92. The number of H-pyrrole nitrogens is 1. The average Bonchev–Trinajstić information content (AvgIpc) is 2.84. The minimum atomic E-state index is -0.278. The third kappa shape index (κ3) is 2.76. The monoisotopic (exact) mass is 316 g/mol. The molecule has 0 amide bonds. The number of hydrogen-bond acceptors (Lipinski definition) is 6. The van der Waals surface area contributed by atoms with Crippen LogP contribution in [0.4, 0.5) is 0 Å². The lowest BCUT2D eigenvalue weighted by molar-refractivity contribution is -0.139. The second-order valence-corrected chi connectivity index (χ2v) is 5.96. The van der Waals surface area contributed by atoms with Crippen LogP contribution in [-0.4, -0.2) is 38.5 Å². The van der Waals surface area contributed by atoms with Crippen LogP contribution in [0.1, 0.15) is 18.1 Å². The summed E-state index contributed by atoms with van der Waals surface area (Å²) in [6.45, 7) is 6.25. The van der Waals surface area contributed by atoms with Crippen molar-refractivity contribution in [2.24, 2.45) is 0 Å². The molecular formula is C15H16N4O2S. The predicted octanol–water partition coefficient (Wildman–Crippen LogP) is 2.78. The summed E-state index contributed by atoms with van der Waals surface area (Å²) in [5.41, 5.74) is 4.78. The molecule has 0 aliphatic heterocycles. The van der Waals surface area contributed by atoms with Crippen LogP contribution in [0.25, 0.3) is 22.1 Å². The summed E-state index contributed by atoms with van der Waals surface area (Å²) in [5.74, 6) is -0.0985. The molecule has 3 aromatic rings. The molecule has 6 nitrogen and oxygen atoms in total. The van der Waals surface area contributed by atoms with Crippen molar-refractivity contribution in [2.45, 2.75) is 25.9 Å². The van der Waals surface area contributed by atoms with E-state index in [2.05, 4.69) is 46.1 Å². The average molecular weight is 316 g/mol. The van der Waals surface area contributed by atoms with Gasteiger partial charge < -0.3 is 9.72 Å². The van der Waals surface area contributed by atoms with Crippen LogP contribution in [0.5, 0.6) is 0 Å². The fourth-order valence-electron chi connectivity index (χ4n) is 2.41. The van der Waals surface area contributed by atoms with Crippen LogP contribution in [0.3, 0.4) is 0 Å². The first-order valence-electron chi connectivity index (χ1n) is 7.00. The van der Waals surface area contributed by atoms with Gasteiger partial charge in [0.1, 0.15) is 5.52 Å². The molecule has 0 atom stereocenters. The van der Waals surface area contributed by atoms with Gasteiger partial charge in [0.2, 0.25) is 5.16 Å². The van der Waals surface area contributed by atoms with Gasteiger partial charge in [-0.25, -0.2) is 4.98 Å². The highest BCUT2D eigenvalue weighted by atomic mass is 32.2. The van der Waals surface area contributed by atoms with Crippen molar-refractivity contribution in [1.82, 2.24) is 20.2 Å². The molecule has 2 aromatic heterocycles. The topological polar surface area (TPSA) is 80.8 Å². The molecule has 0 fully saturated rings. The SMILES string of the molecule is CCOC(=O)CSc1nnc2c(n1)[nH]c1c(C)cc(C)cc12. The number of aryl methyl sites for hydroxylation is 2. The number of carbonyl (C=O) groups excluding carboxylic acids is 1. The zero-order chi connectivity index (χ0) is 15.7. The molecule has 7 heteroatoms. The van der Waals surface area contributed by atoms with Gasteiger partial charge in [-0.05, 0) is 32.4 Å². The first-order valence-corrected chi connectivity index (χ1v) is 7.99. The van der Waals surface area contributed by atoms with E-state index >= 15 is 0 Å². The Hall–Kier alpha value is -2.15. The van der Waals surface area contributed by atoms with E-state index in [4.69, 9.17) is 4.74 Å². The second-order valence-electron chi connectivity index (χ2n) is 5.01. The highest BCUT2D eigenvalue weighted by molar-refractivity contribution is 7.99. The minimum absolute atomic E-state index is 0.180. The number of aromatic nitrogens is 4. The summed E-state index contributed by atoms with van der Waals surface area (Å²) in [6, 6.07) is 4.19. The summed E-state index contributed by atoms with van der Waals surface area (Å²) in [4.78, 5) is 19.1. The van der Waals surface area contributed by atoms with Crippen molar-refractivity contribution in [3.63, 3.8) is 0 Å². The van der Waals surface area contributed by atoms with E-state index in [1.54, 1.807) is 6.92 Å². The van der Waals surface area contributed by atoms with Crippen molar-refractivity contribution >= 4 is 39.8 Å². The molecule has 22 heavy (non-hydrogen) atoms. The molecule has 0 aliphatic rings. The Balaban J connectivity index is 1.95. The molecule has 0 radical (unpaired) electrons. The molecule has 1 aromatic carbocycles. The van der Waals surface area contributed by atoms with Crippen molar-refractivity contribution < 1.29 is 9.53 Å². The van der Waals surface area contributed by atoms with Crippen molar-refractivity contribution in [2.75, 3.05) is 12.4 Å². The number of ether oxygens (including phenoxy) is 1. The van der Waals surface area contributed by atoms with E-state index in [9.17, 15) is 4.79 Å².